The Morgan fingerprint density at radius 2 is 1.76 bits per heavy atom. The molecule has 2 aromatic carbocycles. The summed E-state index contributed by atoms with van der Waals surface area (Å²) in [5, 5.41) is 18.3. The Balaban J connectivity index is 1.78. The van der Waals surface area contributed by atoms with Gasteiger partial charge in [-0.15, -0.1) is 0 Å². The number of hydrogen-bond donors (Lipinski definition) is 3. The molecule has 172 valence electrons. The van der Waals surface area contributed by atoms with Crippen molar-refractivity contribution in [2.45, 2.75) is 18.8 Å². The zero-order valence-corrected chi connectivity index (χ0v) is 17.0. The largest absolute Gasteiger partial charge is 0.482 e. The second kappa shape index (κ2) is 10.4. The van der Waals surface area contributed by atoms with E-state index in [0.717, 1.165) is 6.07 Å². The summed E-state index contributed by atoms with van der Waals surface area (Å²) in [6.45, 7) is -0.714. The lowest BCUT2D eigenvalue weighted by molar-refractivity contribution is -0.158. The first-order valence-electron chi connectivity index (χ1n) is 9.52. The number of aliphatic carboxylic acids is 2. The molecule has 2 atom stereocenters. The molecule has 0 aliphatic rings. The minimum absolute atomic E-state index is 0.0446. The number of benzene rings is 2. The number of nitrogens with two attached hydrogens (primary N) is 1. The maximum atomic E-state index is 12.6. The summed E-state index contributed by atoms with van der Waals surface area (Å²) in [7, 11) is 0. The summed E-state index contributed by atoms with van der Waals surface area (Å²) in [5.41, 5.74) is 5.55. The fourth-order valence-electron chi connectivity index (χ4n) is 2.82. The lowest BCUT2D eigenvalue weighted by Gasteiger charge is -2.19. The van der Waals surface area contributed by atoms with Gasteiger partial charge >= 0.3 is 23.5 Å². The van der Waals surface area contributed by atoms with Gasteiger partial charge in [-0.05, 0) is 17.7 Å². The van der Waals surface area contributed by atoms with Crippen LogP contribution in [0, 0.1) is 0 Å². The van der Waals surface area contributed by atoms with E-state index in [2.05, 4.69) is 0 Å². The molecule has 0 aliphatic heterocycles. The van der Waals surface area contributed by atoms with E-state index in [1.807, 2.05) is 0 Å². The molecule has 11 heteroatoms. The van der Waals surface area contributed by atoms with E-state index < -0.39 is 42.3 Å². The highest BCUT2D eigenvalue weighted by atomic mass is 16.6. The molecule has 0 saturated heterocycles. The third-order valence-electron chi connectivity index (χ3n) is 4.37. The molecule has 1 aromatic heterocycles. The van der Waals surface area contributed by atoms with Gasteiger partial charge < -0.3 is 34.6 Å². The van der Waals surface area contributed by atoms with Crippen LogP contribution in [-0.2, 0) is 25.7 Å². The molecular weight excluding hydrogens is 438 g/mol. The average molecular weight is 457 g/mol. The van der Waals surface area contributed by atoms with Crippen LogP contribution in [0.2, 0.25) is 0 Å². The lowest BCUT2D eigenvalue weighted by Crippen LogP contribution is -2.49. The van der Waals surface area contributed by atoms with Gasteiger partial charge in [0.1, 0.15) is 23.1 Å². The van der Waals surface area contributed by atoms with Crippen LogP contribution in [0.15, 0.2) is 63.8 Å². The maximum Gasteiger partial charge on any atom is 0.341 e. The quantitative estimate of drug-likeness (QED) is 0.294. The van der Waals surface area contributed by atoms with Crippen molar-refractivity contribution >= 4 is 28.9 Å². The molecule has 3 aromatic rings. The summed E-state index contributed by atoms with van der Waals surface area (Å²) in [5.74, 6) is -3.93. The van der Waals surface area contributed by atoms with Gasteiger partial charge in [-0.2, -0.15) is 0 Å². The number of esters is 1. The van der Waals surface area contributed by atoms with Crippen LogP contribution >= 0.6 is 0 Å². The van der Waals surface area contributed by atoms with E-state index in [4.69, 9.17) is 29.5 Å². The number of hydrogen-bond acceptors (Lipinski definition) is 9. The third kappa shape index (κ3) is 6.15. The van der Waals surface area contributed by atoms with Crippen LogP contribution in [0.1, 0.15) is 5.56 Å². The summed E-state index contributed by atoms with van der Waals surface area (Å²) in [6, 6.07) is 11.9. The van der Waals surface area contributed by atoms with E-state index in [9.17, 15) is 24.3 Å². The molecule has 33 heavy (non-hydrogen) atoms. The molecule has 11 nitrogen and oxygen atoms in total. The predicted octanol–water partition coefficient (Wildman–Crippen LogP) is 1.16. The van der Waals surface area contributed by atoms with Crippen molar-refractivity contribution in [1.29, 1.82) is 0 Å². The number of carboxylic acid groups (broad SMARTS) is 2. The third-order valence-corrected chi connectivity index (χ3v) is 4.37. The van der Waals surface area contributed by atoms with Crippen molar-refractivity contribution in [2.24, 2.45) is 5.73 Å². The van der Waals surface area contributed by atoms with Crippen LogP contribution in [-0.4, -0.2) is 46.9 Å². The molecule has 0 spiro atoms. The van der Waals surface area contributed by atoms with Gasteiger partial charge in [0.15, 0.2) is 12.7 Å². The molecule has 0 fully saturated rings. The Morgan fingerprint density at radius 1 is 1.03 bits per heavy atom. The first-order chi connectivity index (χ1) is 15.7. The zero-order valence-electron chi connectivity index (χ0n) is 17.0. The first kappa shape index (κ1) is 23.4. The van der Waals surface area contributed by atoms with Gasteiger partial charge in [-0.1, -0.05) is 30.3 Å². The van der Waals surface area contributed by atoms with E-state index in [-0.39, 0.29) is 29.1 Å². The van der Waals surface area contributed by atoms with Crippen LogP contribution in [0.3, 0.4) is 0 Å². The summed E-state index contributed by atoms with van der Waals surface area (Å²) in [4.78, 5) is 46.7. The Bertz CT molecular complexity index is 1220. The zero-order chi connectivity index (χ0) is 24.0. The van der Waals surface area contributed by atoms with E-state index in [0.29, 0.717) is 5.56 Å². The summed E-state index contributed by atoms with van der Waals surface area (Å²) < 4.78 is 20.6. The topological polar surface area (TPSA) is 176 Å². The smallest absolute Gasteiger partial charge is 0.341 e. The van der Waals surface area contributed by atoms with E-state index in [1.165, 1.54) is 18.2 Å². The Hall–Kier alpha value is -4.22. The molecule has 0 saturated carbocycles. The van der Waals surface area contributed by atoms with Crippen LogP contribution in [0.4, 0.5) is 0 Å². The van der Waals surface area contributed by atoms with Crippen molar-refractivity contribution in [1.82, 2.24) is 0 Å². The monoisotopic (exact) mass is 457 g/mol. The van der Waals surface area contributed by atoms with Crippen LogP contribution in [0.25, 0.3) is 11.0 Å². The normalized spacial score (nSPS) is 12.6. The second-order valence-electron chi connectivity index (χ2n) is 6.77. The second-order valence-corrected chi connectivity index (χ2v) is 6.77. The highest BCUT2D eigenvalue weighted by Crippen LogP contribution is 2.28. The SMILES string of the molecule is N[C@H](C(=O)Oc1cc(=O)oc2cc(OCC(=O)O)ccc12)[C@H](OCc1ccccc1)C(=O)O. The van der Waals surface area contributed by atoms with Gasteiger partial charge in [-0.25, -0.2) is 19.2 Å². The molecule has 0 bridgehead atoms. The predicted molar refractivity (Wildman–Crippen MR) is 112 cm³/mol. The van der Waals surface area contributed by atoms with Crippen molar-refractivity contribution in [3.8, 4) is 11.5 Å². The number of rotatable bonds is 10. The minimum atomic E-state index is -1.71. The molecule has 1 heterocycles. The summed E-state index contributed by atoms with van der Waals surface area (Å²) >= 11 is 0. The van der Waals surface area contributed by atoms with Crippen molar-refractivity contribution in [3.05, 3.63) is 70.6 Å². The number of carbonyl (C=O) groups excluding carboxylic acids is 1. The number of carbonyl (C=O) groups is 3. The van der Waals surface area contributed by atoms with Crippen molar-refractivity contribution in [3.63, 3.8) is 0 Å². The molecule has 0 aliphatic carbocycles. The fourth-order valence-corrected chi connectivity index (χ4v) is 2.82. The standard InChI is InChI=1S/C22H19NO10/c23-19(20(21(27)28)31-10-12-4-2-1-3-5-12)22(29)33-16-9-18(26)32-15-8-13(6-7-14(15)16)30-11-17(24)25/h1-9,19-20H,10-11,23H2,(H,24,25)(H,27,28)/t19-,20-/m0/s1. The van der Waals surface area contributed by atoms with Gasteiger partial charge in [0.05, 0.1) is 18.1 Å². The number of ether oxygens (including phenoxy) is 3. The van der Waals surface area contributed by atoms with Gasteiger partial charge in [0.2, 0.25) is 0 Å². The van der Waals surface area contributed by atoms with Gasteiger partial charge in [0, 0.05) is 6.07 Å². The van der Waals surface area contributed by atoms with Gasteiger partial charge in [-0.3, -0.25) is 0 Å². The molecule has 0 amide bonds. The Morgan fingerprint density at radius 3 is 2.42 bits per heavy atom. The van der Waals surface area contributed by atoms with E-state index >= 15 is 0 Å². The maximum absolute atomic E-state index is 12.6. The highest BCUT2D eigenvalue weighted by molar-refractivity contribution is 5.90. The minimum Gasteiger partial charge on any atom is -0.482 e. The molecule has 4 N–H and O–H groups in total. The van der Waals surface area contributed by atoms with Gasteiger partial charge in [0.25, 0.3) is 0 Å². The van der Waals surface area contributed by atoms with E-state index in [1.54, 1.807) is 30.3 Å². The molecular formula is C22H19NO10. The highest BCUT2D eigenvalue weighted by Gasteiger charge is 2.33. The number of carboxylic acids is 2. The van der Waals surface area contributed by atoms with Crippen LogP contribution < -0.4 is 20.8 Å². The molecule has 0 unspecified atom stereocenters. The van der Waals surface area contributed by atoms with Crippen LogP contribution in [0.5, 0.6) is 11.5 Å². The Kier molecular flexibility index (Phi) is 7.38. The summed E-state index contributed by atoms with van der Waals surface area (Å²) in [6.07, 6.45) is -1.71. The molecule has 3 rings (SSSR count). The van der Waals surface area contributed by atoms with Crippen molar-refractivity contribution < 1.29 is 43.2 Å². The van der Waals surface area contributed by atoms with Crippen molar-refractivity contribution in [2.75, 3.05) is 6.61 Å². The average Bonchev–Trinajstić information content (AvgIpc) is 2.77. The molecule has 0 radical (unpaired) electrons. The number of fused-ring (bicyclic) bond motifs is 1. The Labute approximate surface area is 185 Å². The lowest BCUT2D eigenvalue weighted by atomic mass is 10.1. The fraction of sp³-hybridized carbons (Fsp3) is 0.182. The first-order valence-corrected chi connectivity index (χ1v) is 9.52.